The number of hydrogen-bond acceptors (Lipinski definition) is 6. The summed E-state index contributed by atoms with van der Waals surface area (Å²) < 4.78 is 22.3. The number of likely N-dealkylation sites (N-methyl/N-ethyl adjacent to an activating group) is 1. The molecule has 7 heteroatoms. The standard InChI is InChI=1S/C16H22N2O5/c1-10(19)17-12-13(20-4)11-6-8-22-14(11)16(21-5)15(12)23-9-7-18(2)3/h6,8H,7,9H2,1-5H3,(H,17,19). The number of anilines is 1. The second-order valence-corrected chi connectivity index (χ2v) is 5.27. The van der Waals surface area contributed by atoms with Crippen molar-refractivity contribution in [2.45, 2.75) is 6.92 Å². The van der Waals surface area contributed by atoms with Gasteiger partial charge in [0.15, 0.2) is 17.1 Å². The SMILES string of the molecule is COc1c(NC(C)=O)c(OCCN(C)C)c(OC)c2occc12. The number of furan rings is 1. The lowest BCUT2D eigenvalue weighted by molar-refractivity contribution is -0.114. The Kier molecular flexibility index (Phi) is 5.33. The van der Waals surface area contributed by atoms with Gasteiger partial charge in [0.25, 0.3) is 0 Å². The van der Waals surface area contributed by atoms with Gasteiger partial charge in [-0.25, -0.2) is 0 Å². The van der Waals surface area contributed by atoms with E-state index in [9.17, 15) is 4.79 Å². The summed E-state index contributed by atoms with van der Waals surface area (Å²) in [6, 6.07) is 1.76. The van der Waals surface area contributed by atoms with Crippen molar-refractivity contribution in [2.75, 3.05) is 46.8 Å². The monoisotopic (exact) mass is 322 g/mol. The van der Waals surface area contributed by atoms with Crippen LogP contribution in [-0.2, 0) is 4.79 Å². The third-order valence-corrected chi connectivity index (χ3v) is 3.27. The summed E-state index contributed by atoms with van der Waals surface area (Å²) in [5.41, 5.74) is 0.947. The number of ether oxygens (including phenoxy) is 3. The first-order chi connectivity index (χ1) is 11.0. The lowest BCUT2D eigenvalue weighted by atomic mass is 10.1. The molecule has 7 nitrogen and oxygen atoms in total. The normalized spacial score (nSPS) is 10.9. The minimum absolute atomic E-state index is 0.231. The second-order valence-electron chi connectivity index (χ2n) is 5.27. The zero-order chi connectivity index (χ0) is 17.0. The molecule has 1 heterocycles. The lowest BCUT2D eigenvalue weighted by Gasteiger charge is -2.19. The van der Waals surface area contributed by atoms with Crippen LogP contribution in [0.4, 0.5) is 5.69 Å². The Labute approximate surface area is 135 Å². The van der Waals surface area contributed by atoms with Crippen molar-refractivity contribution in [1.29, 1.82) is 0 Å². The minimum Gasteiger partial charge on any atom is -0.494 e. The molecule has 0 radical (unpaired) electrons. The molecule has 126 valence electrons. The molecule has 0 aliphatic carbocycles. The van der Waals surface area contributed by atoms with Gasteiger partial charge in [-0.05, 0) is 20.2 Å². The van der Waals surface area contributed by atoms with Gasteiger partial charge >= 0.3 is 0 Å². The van der Waals surface area contributed by atoms with Crippen LogP contribution in [0.5, 0.6) is 17.2 Å². The van der Waals surface area contributed by atoms with E-state index in [0.29, 0.717) is 47.1 Å². The quantitative estimate of drug-likeness (QED) is 0.843. The maximum absolute atomic E-state index is 11.6. The van der Waals surface area contributed by atoms with E-state index in [0.717, 1.165) is 0 Å². The molecule has 2 rings (SSSR count). The largest absolute Gasteiger partial charge is 0.494 e. The van der Waals surface area contributed by atoms with Gasteiger partial charge in [-0.2, -0.15) is 0 Å². The molecule has 2 aromatic rings. The van der Waals surface area contributed by atoms with Gasteiger partial charge in [-0.1, -0.05) is 0 Å². The first-order valence-corrected chi connectivity index (χ1v) is 7.19. The predicted molar refractivity (Wildman–Crippen MR) is 87.7 cm³/mol. The van der Waals surface area contributed by atoms with E-state index < -0.39 is 0 Å². The zero-order valence-electron chi connectivity index (χ0n) is 14.1. The van der Waals surface area contributed by atoms with Gasteiger partial charge in [0.2, 0.25) is 11.7 Å². The van der Waals surface area contributed by atoms with Crippen molar-refractivity contribution >= 4 is 22.6 Å². The highest BCUT2D eigenvalue weighted by Crippen LogP contribution is 2.49. The van der Waals surface area contributed by atoms with Crippen molar-refractivity contribution in [1.82, 2.24) is 4.90 Å². The Morgan fingerprint density at radius 1 is 1.22 bits per heavy atom. The Bertz CT molecular complexity index is 693. The van der Waals surface area contributed by atoms with Gasteiger partial charge in [0, 0.05) is 13.5 Å². The number of fused-ring (bicyclic) bond motifs is 1. The van der Waals surface area contributed by atoms with Crippen LogP contribution in [0.1, 0.15) is 6.92 Å². The molecular formula is C16H22N2O5. The molecular weight excluding hydrogens is 300 g/mol. The molecule has 0 bridgehead atoms. The van der Waals surface area contributed by atoms with Crippen LogP contribution in [-0.4, -0.2) is 52.3 Å². The van der Waals surface area contributed by atoms with E-state index in [1.807, 2.05) is 19.0 Å². The van der Waals surface area contributed by atoms with Crippen LogP contribution in [0.3, 0.4) is 0 Å². The summed E-state index contributed by atoms with van der Waals surface area (Å²) in [7, 11) is 6.96. The minimum atomic E-state index is -0.231. The Morgan fingerprint density at radius 3 is 2.48 bits per heavy atom. The van der Waals surface area contributed by atoms with E-state index in [1.54, 1.807) is 6.07 Å². The highest BCUT2D eigenvalue weighted by molar-refractivity contribution is 6.03. The number of methoxy groups -OCH3 is 2. The number of carbonyl (C=O) groups is 1. The van der Waals surface area contributed by atoms with Gasteiger partial charge in [0.1, 0.15) is 12.3 Å². The second kappa shape index (κ2) is 7.23. The van der Waals surface area contributed by atoms with E-state index in [4.69, 9.17) is 18.6 Å². The first-order valence-electron chi connectivity index (χ1n) is 7.19. The van der Waals surface area contributed by atoms with Crippen LogP contribution in [0.15, 0.2) is 16.7 Å². The van der Waals surface area contributed by atoms with Crippen LogP contribution < -0.4 is 19.5 Å². The number of nitrogens with one attached hydrogen (secondary N) is 1. The van der Waals surface area contributed by atoms with Crippen LogP contribution >= 0.6 is 0 Å². The smallest absolute Gasteiger partial charge is 0.221 e. The molecule has 0 saturated carbocycles. The molecule has 0 aliphatic heterocycles. The summed E-state index contributed by atoms with van der Waals surface area (Å²) in [6.07, 6.45) is 1.54. The Balaban J connectivity index is 2.59. The summed E-state index contributed by atoms with van der Waals surface area (Å²) in [4.78, 5) is 13.6. The third kappa shape index (κ3) is 3.50. The molecule has 0 unspecified atom stereocenters. The fourth-order valence-electron chi connectivity index (χ4n) is 2.27. The number of benzene rings is 1. The molecule has 1 N–H and O–H groups in total. The fourth-order valence-corrected chi connectivity index (χ4v) is 2.27. The van der Waals surface area contributed by atoms with E-state index >= 15 is 0 Å². The molecule has 1 aromatic heterocycles. The molecule has 0 saturated heterocycles. The molecule has 0 aliphatic rings. The fraction of sp³-hybridized carbons (Fsp3) is 0.438. The van der Waals surface area contributed by atoms with Crippen molar-refractivity contribution in [3.8, 4) is 17.2 Å². The molecule has 0 spiro atoms. The zero-order valence-corrected chi connectivity index (χ0v) is 14.1. The summed E-state index contributed by atoms with van der Waals surface area (Å²) in [5.74, 6) is 1.06. The van der Waals surface area contributed by atoms with Crippen molar-refractivity contribution in [2.24, 2.45) is 0 Å². The Hall–Kier alpha value is -2.41. The maximum Gasteiger partial charge on any atom is 0.221 e. The summed E-state index contributed by atoms with van der Waals surface area (Å²) in [6.45, 7) is 2.56. The van der Waals surface area contributed by atoms with Crippen LogP contribution in [0.25, 0.3) is 11.0 Å². The van der Waals surface area contributed by atoms with Crippen LogP contribution in [0.2, 0.25) is 0 Å². The average molecular weight is 322 g/mol. The highest BCUT2D eigenvalue weighted by atomic mass is 16.5. The predicted octanol–water partition coefficient (Wildman–Crippen LogP) is 2.35. The van der Waals surface area contributed by atoms with Crippen molar-refractivity contribution in [3.63, 3.8) is 0 Å². The van der Waals surface area contributed by atoms with Crippen molar-refractivity contribution < 1.29 is 23.4 Å². The van der Waals surface area contributed by atoms with Gasteiger partial charge in [0.05, 0.1) is 25.9 Å². The third-order valence-electron chi connectivity index (χ3n) is 3.27. The number of nitrogens with zero attached hydrogens (tertiary/aromatic N) is 1. The molecule has 23 heavy (non-hydrogen) atoms. The van der Waals surface area contributed by atoms with E-state index in [1.165, 1.54) is 27.4 Å². The Morgan fingerprint density at radius 2 is 1.91 bits per heavy atom. The molecule has 1 aromatic carbocycles. The number of carbonyl (C=O) groups excluding carboxylic acids is 1. The van der Waals surface area contributed by atoms with Gasteiger partial charge in [-0.15, -0.1) is 0 Å². The number of rotatable bonds is 7. The number of amides is 1. The van der Waals surface area contributed by atoms with E-state index in [-0.39, 0.29) is 5.91 Å². The van der Waals surface area contributed by atoms with Gasteiger partial charge in [-0.3, -0.25) is 4.79 Å². The maximum atomic E-state index is 11.6. The number of hydrogen-bond donors (Lipinski definition) is 1. The lowest BCUT2D eigenvalue weighted by Crippen LogP contribution is -2.20. The molecule has 0 fully saturated rings. The topological polar surface area (TPSA) is 73.2 Å². The summed E-state index contributed by atoms with van der Waals surface area (Å²) in [5, 5.41) is 3.47. The van der Waals surface area contributed by atoms with Crippen LogP contribution in [0, 0.1) is 0 Å². The highest BCUT2D eigenvalue weighted by Gasteiger charge is 2.25. The summed E-state index contributed by atoms with van der Waals surface area (Å²) >= 11 is 0. The van der Waals surface area contributed by atoms with Crippen molar-refractivity contribution in [3.05, 3.63) is 12.3 Å². The molecule has 0 atom stereocenters. The van der Waals surface area contributed by atoms with E-state index in [2.05, 4.69) is 5.32 Å². The van der Waals surface area contributed by atoms with Gasteiger partial charge < -0.3 is 28.8 Å². The first kappa shape index (κ1) is 17.0. The molecule has 1 amide bonds. The average Bonchev–Trinajstić information content (AvgIpc) is 2.95.